The van der Waals surface area contributed by atoms with Gasteiger partial charge in [0.1, 0.15) is 5.75 Å². The van der Waals surface area contributed by atoms with Crippen LogP contribution in [0.25, 0.3) is 22.4 Å². The molecule has 5 N–H and O–H groups in total. The lowest BCUT2D eigenvalue weighted by Gasteiger charge is -2.16. The van der Waals surface area contributed by atoms with E-state index in [2.05, 4.69) is 31.2 Å². The minimum Gasteiger partial charge on any atom is -0.496 e. The topological polar surface area (TPSA) is 138 Å². The first-order chi connectivity index (χ1) is 22.2. The number of carboxylic acid groups (broad SMARTS) is 1. The van der Waals surface area contributed by atoms with Gasteiger partial charge in [0.25, 0.3) is 0 Å². The zero-order chi connectivity index (χ0) is 32.6. The number of amides is 1. The molecule has 0 spiro atoms. The van der Waals surface area contributed by atoms with Gasteiger partial charge in [0.15, 0.2) is 11.6 Å². The fourth-order valence-corrected chi connectivity index (χ4v) is 5.79. The maximum Gasteiger partial charge on any atom is 0.304 e. The first kappa shape index (κ1) is 33.1. The fraction of sp³-hybridized carbons (Fsp3) is 0.273. The Labute approximate surface area is 275 Å². The van der Waals surface area contributed by atoms with Crippen molar-refractivity contribution in [3.8, 4) is 28.1 Å². The first-order valence-electron chi connectivity index (χ1n) is 14.7. The zero-order valence-corrected chi connectivity index (χ0v) is 26.5. The number of nitrogens with one attached hydrogen (secondary N) is 4. The number of nitrogens with zero attached hydrogens (tertiary/aromatic N) is 2. The van der Waals surface area contributed by atoms with Crippen molar-refractivity contribution in [2.24, 2.45) is 0 Å². The molecule has 1 unspecified atom stereocenters. The van der Waals surface area contributed by atoms with E-state index in [1.165, 1.54) is 12.3 Å². The number of pyridine rings is 2. The van der Waals surface area contributed by atoms with Crippen molar-refractivity contribution in [2.45, 2.75) is 38.4 Å². The molecule has 1 atom stereocenters. The second-order valence-corrected chi connectivity index (χ2v) is 11.5. The van der Waals surface area contributed by atoms with Crippen molar-refractivity contribution in [1.29, 1.82) is 0 Å². The number of carbonyl (C=O) groups is 2. The molecule has 0 aliphatic carbocycles. The summed E-state index contributed by atoms with van der Waals surface area (Å²) in [6.07, 6.45) is 4.42. The van der Waals surface area contributed by atoms with E-state index in [-0.39, 0.29) is 37.3 Å². The van der Waals surface area contributed by atoms with Crippen molar-refractivity contribution in [3.63, 3.8) is 0 Å². The largest absolute Gasteiger partial charge is 0.496 e. The Morgan fingerprint density at radius 1 is 1.04 bits per heavy atom. The van der Waals surface area contributed by atoms with Crippen LogP contribution in [0.4, 0.5) is 15.9 Å². The van der Waals surface area contributed by atoms with Crippen LogP contribution in [0.1, 0.15) is 30.4 Å². The Morgan fingerprint density at radius 2 is 1.83 bits per heavy atom. The normalized spacial score (nSPS) is 14.3. The molecule has 3 heterocycles. The van der Waals surface area contributed by atoms with E-state index in [4.69, 9.17) is 33.0 Å². The molecule has 1 aliphatic rings. The van der Waals surface area contributed by atoms with Gasteiger partial charge in [-0.05, 0) is 30.7 Å². The molecule has 240 valence electrons. The van der Waals surface area contributed by atoms with Gasteiger partial charge in [0.2, 0.25) is 5.91 Å². The Bertz CT molecular complexity index is 1740. The Balaban J connectivity index is 1.34. The van der Waals surface area contributed by atoms with Crippen LogP contribution in [-0.4, -0.2) is 53.2 Å². The number of hydrogen-bond donors (Lipinski definition) is 5. The number of carbonyl (C=O) groups excluding carboxylic acids is 1. The summed E-state index contributed by atoms with van der Waals surface area (Å²) in [6.45, 7) is 1.58. The van der Waals surface area contributed by atoms with Gasteiger partial charge in [-0.25, -0.2) is 9.37 Å². The van der Waals surface area contributed by atoms with Gasteiger partial charge < -0.3 is 31.1 Å². The second-order valence-electron chi connectivity index (χ2n) is 10.7. The maximum absolute atomic E-state index is 15.3. The summed E-state index contributed by atoms with van der Waals surface area (Å²) in [7, 11) is 1.60. The van der Waals surface area contributed by atoms with Crippen LogP contribution < -0.4 is 26.0 Å². The second kappa shape index (κ2) is 15.3. The average Bonchev–Trinajstić information content (AvgIpc) is 3.46. The summed E-state index contributed by atoms with van der Waals surface area (Å²) in [5.74, 6) is -0.777. The third-order valence-corrected chi connectivity index (χ3v) is 8.37. The van der Waals surface area contributed by atoms with Gasteiger partial charge in [-0.15, -0.1) is 0 Å². The van der Waals surface area contributed by atoms with E-state index in [0.717, 1.165) is 17.5 Å². The predicted molar refractivity (Wildman–Crippen MR) is 176 cm³/mol. The number of anilines is 2. The molecular formula is C33H33Cl2FN6O4. The summed E-state index contributed by atoms with van der Waals surface area (Å²) < 4.78 is 20.9. The average molecular weight is 668 g/mol. The van der Waals surface area contributed by atoms with Crippen LogP contribution in [0, 0.1) is 5.82 Å². The van der Waals surface area contributed by atoms with Crippen LogP contribution in [0.2, 0.25) is 10.0 Å². The quantitative estimate of drug-likeness (QED) is 0.104. The summed E-state index contributed by atoms with van der Waals surface area (Å²) >= 11 is 13.8. The van der Waals surface area contributed by atoms with E-state index in [1.807, 2.05) is 24.3 Å². The molecule has 1 amide bonds. The zero-order valence-electron chi connectivity index (χ0n) is 25.0. The van der Waals surface area contributed by atoms with Crippen LogP contribution >= 0.6 is 23.2 Å². The summed E-state index contributed by atoms with van der Waals surface area (Å²) in [5.41, 5.74) is 4.23. The molecule has 5 rings (SSSR count). The molecule has 1 fully saturated rings. The number of methoxy groups -OCH3 is 1. The van der Waals surface area contributed by atoms with Crippen molar-refractivity contribution < 1.29 is 23.8 Å². The highest BCUT2D eigenvalue weighted by molar-refractivity contribution is 6.39. The van der Waals surface area contributed by atoms with E-state index >= 15 is 4.39 Å². The number of hydrogen-bond acceptors (Lipinski definition) is 8. The van der Waals surface area contributed by atoms with Gasteiger partial charge in [0, 0.05) is 78.9 Å². The van der Waals surface area contributed by atoms with Crippen LogP contribution in [-0.2, 0) is 22.7 Å². The molecule has 10 nitrogen and oxygen atoms in total. The summed E-state index contributed by atoms with van der Waals surface area (Å²) in [4.78, 5) is 30.9. The number of benzene rings is 2. The highest BCUT2D eigenvalue weighted by atomic mass is 35.5. The maximum atomic E-state index is 15.3. The summed E-state index contributed by atoms with van der Waals surface area (Å²) in [5, 5.41) is 21.7. The molecule has 13 heteroatoms. The van der Waals surface area contributed by atoms with Gasteiger partial charge in [-0.2, -0.15) is 0 Å². The van der Waals surface area contributed by atoms with Gasteiger partial charge in [0.05, 0.1) is 35.0 Å². The first-order valence-corrected chi connectivity index (χ1v) is 15.4. The van der Waals surface area contributed by atoms with E-state index in [1.54, 1.807) is 31.5 Å². The fourth-order valence-electron chi connectivity index (χ4n) is 5.19. The molecule has 0 radical (unpaired) electrons. The van der Waals surface area contributed by atoms with Gasteiger partial charge in [-0.3, -0.25) is 14.6 Å². The molecular weight excluding hydrogens is 634 g/mol. The number of aromatic nitrogens is 2. The van der Waals surface area contributed by atoms with E-state index in [9.17, 15) is 9.59 Å². The monoisotopic (exact) mass is 666 g/mol. The van der Waals surface area contributed by atoms with Gasteiger partial charge >= 0.3 is 5.97 Å². The Kier molecular flexibility index (Phi) is 11.0. The van der Waals surface area contributed by atoms with Gasteiger partial charge in [-0.1, -0.05) is 47.5 Å². The Hall–Kier alpha value is -4.29. The highest BCUT2D eigenvalue weighted by Gasteiger charge is 2.21. The van der Waals surface area contributed by atoms with Crippen molar-refractivity contribution >= 4 is 46.6 Å². The van der Waals surface area contributed by atoms with Crippen LogP contribution in [0.3, 0.4) is 0 Å². The van der Waals surface area contributed by atoms with Crippen molar-refractivity contribution in [2.75, 3.05) is 25.5 Å². The minimum absolute atomic E-state index is 0.0206. The predicted octanol–water partition coefficient (Wildman–Crippen LogP) is 5.94. The smallest absolute Gasteiger partial charge is 0.304 e. The molecule has 46 heavy (non-hydrogen) atoms. The number of ether oxygens (including phenoxy) is 1. The van der Waals surface area contributed by atoms with Crippen molar-refractivity contribution in [3.05, 3.63) is 87.9 Å². The molecule has 1 aliphatic heterocycles. The standard InChI is InChI=1S/C33H33Cl2FN6O4/c1-46-26-15-19(5-6-20(26)16-38-18-22-7-8-27(43)41-22)32-30(35)24(10-14-39-32)23-3-2-4-25(29(23)34)42-33-31(36)21(9-13-40-33)17-37-12-11-28(44)45/h2-6,9-10,13-15,22,37-38H,7-8,11-12,16-18H2,1H3,(H,40,42)(H,41,43)(H,44,45). The molecule has 2 aromatic carbocycles. The van der Waals surface area contributed by atoms with Crippen LogP contribution in [0.5, 0.6) is 5.75 Å². The third kappa shape index (κ3) is 7.91. The molecule has 4 aromatic rings. The van der Waals surface area contributed by atoms with E-state index in [0.29, 0.717) is 63.4 Å². The SMILES string of the molecule is COc1cc(-c2nccc(-c3cccc(Nc4nccc(CNCCC(=O)O)c4F)c3Cl)c2Cl)ccc1CNCC1CCC(=O)N1. The third-order valence-electron chi connectivity index (χ3n) is 7.58. The lowest BCUT2D eigenvalue weighted by Crippen LogP contribution is -2.35. The molecule has 0 bridgehead atoms. The molecule has 2 aromatic heterocycles. The highest BCUT2D eigenvalue weighted by Crippen LogP contribution is 2.41. The Morgan fingerprint density at radius 3 is 2.59 bits per heavy atom. The minimum atomic E-state index is -0.935. The van der Waals surface area contributed by atoms with Crippen LogP contribution in [0.15, 0.2) is 60.9 Å². The number of halogens is 3. The lowest BCUT2D eigenvalue weighted by molar-refractivity contribution is -0.136. The molecule has 1 saturated heterocycles. The van der Waals surface area contributed by atoms with Crippen molar-refractivity contribution in [1.82, 2.24) is 25.9 Å². The number of rotatable bonds is 14. The summed E-state index contributed by atoms with van der Waals surface area (Å²) in [6, 6.07) is 14.5. The lowest BCUT2D eigenvalue weighted by atomic mass is 10.0. The molecule has 0 saturated carbocycles. The van der Waals surface area contributed by atoms with E-state index < -0.39 is 11.8 Å². The number of aliphatic carboxylic acids is 1. The number of carboxylic acids is 1.